The van der Waals surface area contributed by atoms with Gasteiger partial charge in [-0.1, -0.05) is 30.3 Å². The number of benzene rings is 2. The quantitative estimate of drug-likeness (QED) is 0.525. The Hall–Kier alpha value is -3.94. The minimum absolute atomic E-state index is 0.179. The third-order valence-electron chi connectivity index (χ3n) is 4.03. The summed E-state index contributed by atoms with van der Waals surface area (Å²) in [6.07, 6.45) is 0. The van der Waals surface area contributed by atoms with Crippen molar-refractivity contribution in [3.8, 4) is 34.3 Å². The zero-order valence-electron chi connectivity index (χ0n) is 16.5. The Kier molecular flexibility index (Phi) is 6.94. The van der Waals surface area contributed by atoms with Crippen molar-refractivity contribution in [1.29, 1.82) is 0 Å². The number of aromatic nitrogens is 2. The average molecular weight is 408 g/mol. The van der Waals surface area contributed by atoms with Crippen LogP contribution in [0.15, 0.2) is 60.7 Å². The highest BCUT2D eigenvalue weighted by atomic mass is 16.6. The third-order valence-corrected chi connectivity index (χ3v) is 4.03. The molecule has 0 unspecified atom stereocenters. The molecule has 2 aromatic carbocycles. The van der Waals surface area contributed by atoms with Gasteiger partial charge < -0.3 is 18.9 Å². The summed E-state index contributed by atoms with van der Waals surface area (Å²) in [5.74, 6) is 0.186. The van der Waals surface area contributed by atoms with E-state index in [1.54, 1.807) is 30.3 Å². The zero-order valence-corrected chi connectivity index (χ0v) is 16.5. The molecule has 0 amide bonds. The topological polar surface area (TPSA) is 96.8 Å². The van der Waals surface area contributed by atoms with Gasteiger partial charge in [0.2, 0.25) is 5.88 Å². The van der Waals surface area contributed by atoms with Gasteiger partial charge in [0, 0.05) is 17.2 Å². The maximum Gasteiger partial charge on any atom is 0.343 e. The number of hydrogen-bond donors (Lipinski definition) is 0. The molecule has 0 atom stereocenters. The van der Waals surface area contributed by atoms with Crippen molar-refractivity contribution < 1.29 is 28.5 Å². The van der Waals surface area contributed by atoms with Crippen LogP contribution in [0.3, 0.4) is 0 Å². The van der Waals surface area contributed by atoms with Crippen LogP contribution in [0.2, 0.25) is 0 Å². The first kappa shape index (κ1) is 20.8. The fourth-order valence-electron chi connectivity index (χ4n) is 2.48. The summed E-state index contributed by atoms with van der Waals surface area (Å²) in [5, 5.41) is 0. The van der Waals surface area contributed by atoms with Crippen LogP contribution in [0, 0.1) is 0 Å². The van der Waals surface area contributed by atoms with Crippen LogP contribution >= 0.6 is 0 Å². The molecule has 0 spiro atoms. The van der Waals surface area contributed by atoms with E-state index in [2.05, 4.69) is 19.4 Å². The fourth-order valence-corrected chi connectivity index (χ4v) is 2.48. The number of rotatable bonds is 8. The minimum Gasteiger partial charge on any atom is -0.482 e. The van der Waals surface area contributed by atoms with E-state index in [1.807, 2.05) is 30.3 Å². The second-order valence-electron chi connectivity index (χ2n) is 6.04. The molecule has 154 valence electrons. The summed E-state index contributed by atoms with van der Waals surface area (Å²) >= 11 is 0. The van der Waals surface area contributed by atoms with Crippen molar-refractivity contribution in [2.75, 3.05) is 27.4 Å². The Balaban J connectivity index is 1.88. The molecule has 0 fully saturated rings. The summed E-state index contributed by atoms with van der Waals surface area (Å²) in [7, 11) is 2.59. The lowest BCUT2D eigenvalue weighted by molar-refractivity contribution is -0.143. The van der Waals surface area contributed by atoms with Gasteiger partial charge >= 0.3 is 11.9 Å². The van der Waals surface area contributed by atoms with E-state index in [0.29, 0.717) is 22.8 Å². The van der Waals surface area contributed by atoms with Crippen LogP contribution in [0.4, 0.5) is 0 Å². The highest BCUT2D eigenvalue weighted by Crippen LogP contribution is 2.26. The Morgan fingerprint density at radius 3 is 2.03 bits per heavy atom. The largest absolute Gasteiger partial charge is 0.482 e. The van der Waals surface area contributed by atoms with Gasteiger partial charge in [0.25, 0.3) is 0 Å². The van der Waals surface area contributed by atoms with Gasteiger partial charge in [-0.15, -0.1) is 0 Å². The molecule has 1 heterocycles. The molecule has 8 heteroatoms. The van der Waals surface area contributed by atoms with Crippen molar-refractivity contribution >= 4 is 11.9 Å². The van der Waals surface area contributed by atoms with E-state index in [1.165, 1.54) is 14.2 Å². The van der Waals surface area contributed by atoms with Crippen LogP contribution in [-0.4, -0.2) is 49.3 Å². The Morgan fingerprint density at radius 2 is 1.40 bits per heavy atom. The van der Waals surface area contributed by atoms with Crippen molar-refractivity contribution in [3.05, 3.63) is 60.7 Å². The minimum atomic E-state index is -0.511. The van der Waals surface area contributed by atoms with E-state index in [0.717, 1.165) is 5.56 Å². The molecule has 3 aromatic rings. The standard InChI is InChI=1S/C22H20N2O6/c1-27-20(25)13-29-17-10-8-16(9-11-17)22-23-18(15-6-4-3-5-7-15)12-19(24-22)30-14-21(26)28-2/h3-12H,13-14H2,1-2H3. The lowest BCUT2D eigenvalue weighted by Crippen LogP contribution is -2.13. The van der Waals surface area contributed by atoms with Crippen molar-refractivity contribution in [1.82, 2.24) is 9.97 Å². The molecule has 30 heavy (non-hydrogen) atoms. The van der Waals surface area contributed by atoms with Gasteiger partial charge in [-0.25, -0.2) is 14.6 Å². The molecular formula is C22H20N2O6. The molecule has 1 aromatic heterocycles. The number of ether oxygens (including phenoxy) is 4. The van der Waals surface area contributed by atoms with Crippen LogP contribution < -0.4 is 9.47 Å². The Labute approximate surface area is 173 Å². The highest BCUT2D eigenvalue weighted by Gasteiger charge is 2.12. The summed E-state index contributed by atoms with van der Waals surface area (Å²) in [6.45, 7) is -0.442. The van der Waals surface area contributed by atoms with Gasteiger partial charge in [-0.05, 0) is 24.3 Å². The number of hydrogen-bond acceptors (Lipinski definition) is 8. The maximum absolute atomic E-state index is 11.4. The molecule has 0 saturated heterocycles. The molecule has 8 nitrogen and oxygen atoms in total. The third kappa shape index (κ3) is 5.54. The zero-order chi connectivity index (χ0) is 21.3. The van der Waals surface area contributed by atoms with Gasteiger partial charge in [0.05, 0.1) is 19.9 Å². The first-order valence-electron chi connectivity index (χ1n) is 9.03. The predicted molar refractivity (Wildman–Crippen MR) is 108 cm³/mol. The van der Waals surface area contributed by atoms with Gasteiger partial charge in [0.15, 0.2) is 19.0 Å². The van der Waals surface area contributed by atoms with Gasteiger partial charge in [0.1, 0.15) is 5.75 Å². The summed E-state index contributed by atoms with van der Waals surface area (Å²) in [5.41, 5.74) is 2.23. The maximum atomic E-state index is 11.4. The number of methoxy groups -OCH3 is 2. The van der Waals surface area contributed by atoms with E-state index >= 15 is 0 Å². The van der Waals surface area contributed by atoms with E-state index < -0.39 is 11.9 Å². The highest BCUT2D eigenvalue weighted by molar-refractivity contribution is 5.71. The van der Waals surface area contributed by atoms with E-state index in [9.17, 15) is 9.59 Å². The summed E-state index contributed by atoms with van der Waals surface area (Å²) in [6, 6.07) is 18.1. The van der Waals surface area contributed by atoms with Crippen molar-refractivity contribution in [2.45, 2.75) is 0 Å². The molecule has 0 aliphatic heterocycles. The predicted octanol–water partition coefficient (Wildman–Crippen LogP) is 2.91. The second kappa shape index (κ2) is 10.0. The molecule has 0 bridgehead atoms. The first-order chi connectivity index (χ1) is 14.6. The molecule has 0 N–H and O–H groups in total. The van der Waals surface area contributed by atoms with Crippen molar-refractivity contribution in [2.24, 2.45) is 0 Å². The van der Waals surface area contributed by atoms with Crippen LogP contribution in [0.25, 0.3) is 22.6 Å². The molecule has 0 radical (unpaired) electrons. The second-order valence-corrected chi connectivity index (χ2v) is 6.04. The molecular weight excluding hydrogens is 388 g/mol. The van der Waals surface area contributed by atoms with E-state index in [4.69, 9.17) is 9.47 Å². The summed E-state index contributed by atoms with van der Waals surface area (Å²) in [4.78, 5) is 31.6. The van der Waals surface area contributed by atoms with Gasteiger partial charge in [-0.2, -0.15) is 4.98 Å². The fraction of sp³-hybridized carbons (Fsp3) is 0.182. The number of esters is 2. The normalized spacial score (nSPS) is 10.2. The smallest absolute Gasteiger partial charge is 0.343 e. The number of carbonyl (C=O) groups is 2. The van der Waals surface area contributed by atoms with E-state index in [-0.39, 0.29) is 19.1 Å². The molecule has 0 aliphatic rings. The van der Waals surface area contributed by atoms with Crippen LogP contribution in [-0.2, 0) is 19.1 Å². The molecule has 0 saturated carbocycles. The number of carbonyl (C=O) groups excluding carboxylic acids is 2. The van der Waals surface area contributed by atoms with Gasteiger partial charge in [-0.3, -0.25) is 0 Å². The molecule has 3 rings (SSSR count). The van der Waals surface area contributed by atoms with Crippen LogP contribution in [0.1, 0.15) is 0 Å². The lowest BCUT2D eigenvalue weighted by Gasteiger charge is -2.10. The average Bonchev–Trinajstić information content (AvgIpc) is 2.81. The first-order valence-corrected chi connectivity index (χ1v) is 9.03. The van der Waals surface area contributed by atoms with Crippen LogP contribution in [0.5, 0.6) is 11.6 Å². The molecule has 0 aliphatic carbocycles. The SMILES string of the molecule is COC(=O)COc1ccc(-c2nc(OCC(=O)OC)cc(-c3ccccc3)n2)cc1. The Bertz CT molecular complexity index is 1010. The monoisotopic (exact) mass is 408 g/mol. The summed E-state index contributed by atoms with van der Waals surface area (Å²) < 4.78 is 20.0. The lowest BCUT2D eigenvalue weighted by atomic mass is 10.1. The Morgan fingerprint density at radius 1 is 0.767 bits per heavy atom. The number of nitrogens with zero attached hydrogens (tertiary/aromatic N) is 2. The van der Waals surface area contributed by atoms with Crippen molar-refractivity contribution in [3.63, 3.8) is 0 Å².